The van der Waals surface area contributed by atoms with Crippen LogP contribution in [0.1, 0.15) is 32.2 Å². The van der Waals surface area contributed by atoms with E-state index in [0.717, 1.165) is 23.7 Å². The summed E-state index contributed by atoms with van der Waals surface area (Å²) in [4.78, 5) is 0. The minimum atomic E-state index is 0.357. The van der Waals surface area contributed by atoms with Gasteiger partial charge in [0.15, 0.2) is 5.82 Å². The highest BCUT2D eigenvalue weighted by atomic mass is 35.5. The molecule has 18 heavy (non-hydrogen) atoms. The second kappa shape index (κ2) is 4.73. The fourth-order valence-electron chi connectivity index (χ4n) is 2.39. The molecule has 1 aliphatic rings. The molecule has 3 rings (SSSR count). The van der Waals surface area contributed by atoms with Gasteiger partial charge in [0.1, 0.15) is 0 Å². The van der Waals surface area contributed by atoms with E-state index in [1.165, 1.54) is 12.8 Å². The Morgan fingerprint density at radius 2 is 2.00 bits per heavy atom. The molecule has 1 atom stereocenters. The average molecular weight is 262 g/mol. The topological polar surface area (TPSA) is 30.7 Å². The lowest BCUT2D eigenvalue weighted by Gasteiger charge is -2.16. The largest absolute Gasteiger partial charge is 0.295 e. The molecule has 1 aliphatic carbocycles. The maximum atomic E-state index is 6.18. The third-order valence-corrected chi connectivity index (χ3v) is 3.76. The Morgan fingerprint density at radius 1 is 1.28 bits per heavy atom. The molecule has 1 heterocycles. The number of rotatable bonds is 4. The summed E-state index contributed by atoms with van der Waals surface area (Å²) in [6.07, 6.45) is 3.87. The third kappa shape index (κ3) is 2.27. The highest BCUT2D eigenvalue weighted by molar-refractivity contribution is 6.28. The first kappa shape index (κ1) is 11.7. The molecule has 1 fully saturated rings. The van der Waals surface area contributed by atoms with Crippen LogP contribution in [0.3, 0.4) is 0 Å². The van der Waals surface area contributed by atoms with Gasteiger partial charge in [-0.2, -0.15) is 0 Å². The van der Waals surface area contributed by atoms with Crippen LogP contribution in [-0.2, 0) is 0 Å². The molecule has 4 heteroatoms. The van der Waals surface area contributed by atoms with Gasteiger partial charge in [0.25, 0.3) is 0 Å². The standard InChI is InChI=1S/C14H16ClN3/c1-10(9-11-7-8-11)18-13(16-17-14(18)15)12-5-3-2-4-6-12/h2-6,10-11H,7-9H2,1H3. The van der Waals surface area contributed by atoms with Crippen molar-refractivity contribution in [2.24, 2.45) is 5.92 Å². The van der Waals surface area contributed by atoms with Crippen molar-refractivity contribution in [3.05, 3.63) is 35.6 Å². The molecular weight excluding hydrogens is 246 g/mol. The van der Waals surface area contributed by atoms with Crippen molar-refractivity contribution in [1.29, 1.82) is 0 Å². The Hall–Kier alpha value is -1.35. The van der Waals surface area contributed by atoms with Gasteiger partial charge < -0.3 is 0 Å². The highest BCUT2D eigenvalue weighted by Gasteiger charge is 2.26. The molecule has 3 nitrogen and oxygen atoms in total. The molecule has 0 N–H and O–H groups in total. The first-order valence-electron chi connectivity index (χ1n) is 6.41. The van der Waals surface area contributed by atoms with Gasteiger partial charge in [-0.15, -0.1) is 10.2 Å². The number of benzene rings is 1. The summed E-state index contributed by atoms with van der Waals surface area (Å²) in [6, 6.07) is 10.5. The lowest BCUT2D eigenvalue weighted by molar-refractivity contribution is 0.480. The van der Waals surface area contributed by atoms with Gasteiger partial charge >= 0.3 is 0 Å². The van der Waals surface area contributed by atoms with Crippen molar-refractivity contribution in [3.63, 3.8) is 0 Å². The van der Waals surface area contributed by atoms with Crippen molar-refractivity contribution in [2.45, 2.75) is 32.2 Å². The number of nitrogens with zero attached hydrogens (tertiary/aromatic N) is 3. The first-order chi connectivity index (χ1) is 8.75. The summed E-state index contributed by atoms with van der Waals surface area (Å²) in [5.74, 6) is 1.73. The summed E-state index contributed by atoms with van der Waals surface area (Å²) in [5, 5.41) is 8.72. The number of hydrogen-bond donors (Lipinski definition) is 0. The third-order valence-electron chi connectivity index (χ3n) is 3.50. The first-order valence-corrected chi connectivity index (χ1v) is 6.79. The highest BCUT2D eigenvalue weighted by Crippen LogP contribution is 2.38. The minimum Gasteiger partial charge on any atom is -0.295 e. The predicted molar refractivity (Wildman–Crippen MR) is 72.5 cm³/mol. The summed E-state index contributed by atoms with van der Waals surface area (Å²) in [7, 11) is 0. The van der Waals surface area contributed by atoms with Crippen molar-refractivity contribution in [2.75, 3.05) is 0 Å². The van der Waals surface area contributed by atoms with Crippen molar-refractivity contribution >= 4 is 11.6 Å². The molecule has 94 valence electrons. The maximum Gasteiger partial charge on any atom is 0.225 e. The SMILES string of the molecule is CC(CC1CC1)n1c(Cl)nnc1-c1ccccc1. The van der Waals surface area contributed by atoms with Gasteiger partial charge in [-0.25, -0.2) is 0 Å². The normalized spacial score (nSPS) is 16.8. The molecule has 1 unspecified atom stereocenters. The van der Waals surface area contributed by atoms with E-state index >= 15 is 0 Å². The number of hydrogen-bond acceptors (Lipinski definition) is 2. The molecule has 0 radical (unpaired) electrons. The molecule has 1 saturated carbocycles. The van der Waals surface area contributed by atoms with Crippen LogP contribution in [0.5, 0.6) is 0 Å². The van der Waals surface area contributed by atoms with Gasteiger partial charge in [-0.05, 0) is 30.9 Å². The van der Waals surface area contributed by atoms with Crippen LogP contribution in [0.25, 0.3) is 11.4 Å². The van der Waals surface area contributed by atoms with Crippen molar-refractivity contribution in [1.82, 2.24) is 14.8 Å². The van der Waals surface area contributed by atoms with Gasteiger partial charge in [0, 0.05) is 11.6 Å². The second-order valence-electron chi connectivity index (χ2n) is 5.06. The van der Waals surface area contributed by atoms with E-state index in [0.29, 0.717) is 11.3 Å². The van der Waals surface area contributed by atoms with Crippen molar-refractivity contribution < 1.29 is 0 Å². The lowest BCUT2D eigenvalue weighted by Crippen LogP contribution is -2.08. The molecule has 1 aromatic heterocycles. The maximum absolute atomic E-state index is 6.18. The van der Waals surface area contributed by atoms with Crippen LogP contribution in [0.4, 0.5) is 0 Å². The van der Waals surface area contributed by atoms with E-state index in [4.69, 9.17) is 11.6 Å². The Balaban J connectivity index is 1.95. The van der Waals surface area contributed by atoms with Gasteiger partial charge in [0.05, 0.1) is 0 Å². The zero-order valence-corrected chi connectivity index (χ0v) is 11.1. The molecule has 0 bridgehead atoms. The molecule has 0 saturated heterocycles. The summed E-state index contributed by atoms with van der Waals surface area (Å²) in [5.41, 5.74) is 1.07. The van der Waals surface area contributed by atoms with E-state index in [2.05, 4.69) is 21.7 Å². The average Bonchev–Trinajstić information content (AvgIpc) is 3.10. The van der Waals surface area contributed by atoms with Crippen LogP contribution in [-0.4, -0.2) is 14.8 Å². The molecule has 2 aromatic rings. The Bertz CT molecular complexity index is 531. The van der Waals surface area contributed by atoms with Gasteiger partial charge in [-0.1, -0.05) is 43.2 Å². The Kier molecular flexibility index (Phi) is 3.08. The van der Waals surface area contributed by atoms with E-state index in [1.807, 2.05) is 30.3 Å². The summed E-state index contributed by atoms with van der Waals surface area (Å²) >= 11 is 6.18. The number of aromatic nitrogens is 3. The molecule has 1 aromatic carbocycles. The quantitative estimate of drug-likeness (QED) is 0.834. The van der Waals surface area contributed by atoms with E-state index < -0.39 is 0 Å². The van der Waals surface area contributed by atoms with Crippen LogP contribution >= 0.6 is 11.6 Å². The molecule has 0 aliphatic heterocycles. The van der Waals surface area contributed by atoms with Gasteiger partial charge in [0.2, 0.25) is 5.28 Å². The monoisotopic (exact) mass is 261 g/mol. The van der Waals surface area contributed by atoms with E-state index in [9.17, 15) is 0 Å². The zero-order valence-electron chi connectivity index (χ0n) is 10.4. The fourth-order valence-corrected chi connectivity index (χ4v) is 2.67. The van der Waals surface area contributed by atoms with Crippen LogP contribution < -0.4 is 0 Å². The van der Waals surface area contributed by atoms with E-state index in [1.54, 1.807) is 0 Å². The Morgan fingerprint density at radius 3 is 2.67 bits per heavy atom. The van der Waals surface area contributed by atoms with Crippen LogP contribution in [0.2, 0.25) is 5.28 Å². The summed E-state index contributed by atoms with van der Waals surface area (Å²) < 4.78 is 2.05. The summed E-state index contributed by atoms with van der Waals surface area (Å²) in [6.45, 7) is 2.19. The Labute approximate surface area is 112 Å². The fraction of sp³-hybridized carbons (Fsp3) is 0.429. The second-order valence-corrected chi connectivity index (χ2v) is 5.39. The molecule has 0 spiro atoms. The van der Waals surface area contributed by atoms with Crippen molar-refractivity contribution in [3.8, 4) is 11.4 Å². The molecular formula is C14H16ClN3. The smallest absolute Gasteiger partial charge is 0.225 e. The van der Waals surface area contributed by atoms with Crippen LogP contribution in [0.15, 0.2) is 30.3 Å². The number of halogens is 1. The van der Waals surface area contributed by atoms with E-state index in [-0.39, 0.29) is 0 Å². The zero-order chi connectivity index (χ0) is 12.5. The molecule has 0 amide bonds. The van der Waals surface area contributed by atoms with Crippen LogP contribution in [0, 0.1) is 5.92 Å². The predicted octanol–water partition coefficient (Wildman–Crippen LogP) is 3.96. The van der Waals surface area contributed by atoms with Gasteiger partial charge in [-0.3, -0.25) is 4.57 Å². The minimum absolute atomic E-state index is 0.357. The lowest BCUT2D eigenvalue weighted by atomic mass is 10.1.